The van der Waals surface area contributed by atoms with Crippen molar-refractivity contribution in [1.29, 1.82) is 0 Å². The molecule has 2 unspecified atom stereocenters. The van der Waals surface area contributed by atoms with E-state index in [4.69, 9.17) is 4.74 Å². The van der Waals surface area contributed by atoms with E-state index in [1.807, 2.05) is 0 Å². The fourth-order valence-electron chi connectivity index (χ4n) is 2.59. The number of hydrogen-bond acceptors (Lipinski definition) is 8. The van der Waals surface area contributed by atoms with Crippen molar-refractivity contribution in [2.24, 2.45) is 0 Å². The molecule has 2 heterocycles. The van der Waals surface area contributed by atoms with Gasteiger partial charge in [-0.3, -0.25) is 0 Å². The average molecular weight is 393 g/mol. The maximum atomic E-state index is 12.3. The molecule has 0 saturated carbocycles. The minimum atomic E-state index is -3.53. The van der Waals surface area contributed by atoms with Gasteiger partial charge in [-0.15, -0.1) is 10.2 Å². The number of aliphatic hydroxyl groups is 1. The summed E-state index contributed by atoms with van der Waals surface area (Å²) in [4.78, 5) is 14.7. The number of methoxy groups -OCH3 is 1. The van der Waals surface area contributed by atoms with Crippen molar-refractivity contribution < 1.29 is 23.1 Å². The third kappa shape index (κ3) is 4.27. The Morgan fingerprint density at radius 3 is 2.64 bits per heavy atom. The second kappa shape index (κ2) is 8.39. The van der Waals surface area contributed by atoms with Gasteiger partial charge < -0.3 is 14.7 Å². The Balaban J connectivity index is 2.14. The van der Waals surface area contributed by atoms with E-state index in [0.717, 1.165) is 35.5 Å². The first-order valence-electron chi connectivity index (χ1n) is 8.12. The van der Waals surface area contributed by atoms with E-state index in [0.29, 0.717) is 6.42 Å². The maximum absolute atomic E-state index is 12.3. The predicted molar refractivity (Wildman–Crippen MR) is 93.4 cm³/mol. The Bertz CT molecular complexity index is 693. The zero-order valence-corrected chi connectivity index (χ0v) is 16.2. The average Bonchev–Trinajstić information content (AvgIpc) is 3.13. The SMILES string of the molecule is CCCCCCS(=O)(=O)c1nnc(N2C(=O)N(C)C(COC)C2O)s1. The third-order valence-electron chi connectivity index (χ3n) is 4.09. The summed E-state index contributed by atoms with van der Waals surface area (Å²) in [7, 11) is -0.517. The minimum Gasteiger partial charge on any atom is -0.382 e. The van der Waals surface area contributed by atoms with E-state index in [1.165, 1.54) is 12.0 Å². The first kappa shape index (κ1) is 20.0. The summed E-state index contributed by atoms with van der Waals surface area (Å²) in [6, 6.07) is -1.03. The van der Waals surface area contributed by atoms with Crippen molar-refractivity contribution in [3.8, 4) is 0 Å². The molecule has 1 aliphatic heterocycles. The van der Waals surface area contributed by atoms with E-state index in [-0.39, 0.29) is 21.8 Å². The van der Waals surface area contributed by atoms with Gasteiger partial charge in [0.05, 0.1) is 12.4 Å². The number of nitrogens with zero attached hydrogens (tertiary/aromatic N) is 4. The van der Waals surface area contributed by atoms with Gasteiger partial charge in [0.15, 0.2) is 6.23 Å². The molecule has 0 spiro atoms. The van der Waals surface area contributed by atoms with Crippen LogP contribution in [0.25, 0.3) is 0 Å². The number of ether oxygens (including phenoxy) is 1. The van der Waals surface area contributed by atoms with Crippen LogP contribution in [0.15, 0.2) is 4.34 Å². The van der Waals surface area contributed by atoms with Crippen LogP contribution in [0.1, 0.15) is 32.6 Å². The van der Waals surface area contributed by atoms with Gasteiger partial charge in [0.25, 0.3) is 0 Å². The van der Waals surface area contributed by atoms with Gasteiger partial charge in [0, 0.05) is 14.2 Å². The highest BCUT2D eigenvalue weighted by atomic mass is 32.2. The lowest BCUT2D eigenvalue weighted by atomic mass is 10.2. The fraction of sp³-hybridized carbons (Fsp3) is 0.786. The monoisotopic (exact) mass is 392 g/mol. The maximum Gasteiger partial charge on any atom is 0.328 e. The minimum absolute atomic E-state index is 0.00430. The molecule has 2 amide bonds. The Hall–Kier alpha value is -1.30. The van der Waals surface area contributed by atoms with Gasteiger partial charge in [0.1, 0.15) is 6.04 Å². The number of amides is 2. The quantitative estimate of drug-likeness (QED) is 0.494. The van der Waals surface area contributed by atoms with E-state index >= 15 is 0 Å². The van der Waals surface area contributed by atoms with Crippen LogP contribution in [-0.4, -0.2) is 73.4 Å². The first-order chi connectivity index (χ1) is 11.8. The van der Waals surface area contributed by atoms with Crippen LogP contribution in [0.3, 0.4) is 0 Å². The molecule has 25 heavy (non-hydrogen) atoms. The predicted octanol–water partition coefficient (Wildman–Crippen LogP) is 1.10. The summed E-state index contributed by atoms with van der Waals surface area (Å²) < 4.78 is 29.5. The zero-order valence-electron chi connectivity index (χ0n) is 14.6. The van der Waals surface area contributed by atoms with E-state index in [9.17, 15) is 18.3 Å². The Kier molecular flexibility index (Phi) is 6.72. The van der Waals surface area contributed by atoms with Crippen molar-refractivity contribution in [2.75, 3.05) is 31.4 Å². The highest BCUT2D eigenvalue weighted by molar-refractivity contribution is 7.93. The largest absolute Gasteiger partial charge is 0.382 e. The molecule has 2 atom stereocenters. The molecule has 9 nitrogen and oxygen atoms in total. The summed E-state index contributed by atoms with van der Waals surface area (Å²) in [6.07, 6.45) is 2.24. The van der Waals surface area contributed by atoms with Crippen molar-refractivity contribution >= 4 is 32.3 Å². The first-order valence-corrected chi connectivity index (χ1v) is 10.6. The molecular formula is C14H24N4O5S2. The zero-order chi connectivity index (χ0) is 18.6. The molecule has 0 aromatic carbocycles. The molecule has 1 N–H and O–H groups in total. The Labute approximate surface area is 151 Å². The van der Waals surface area contributed by atoms with Crippen molar-refractivity contribution in [3.63, 3.8) is 0 Å². The number of unbranched alkanes of at least 4 members (excludes halogenated alkanes) is 3. The molecule has 1 aromatic rings. The molecule has 0 radical (unpaired) electrons. The summed E-state index contributed by atoms with van der Waals surface area (Å²) >= 11 is 0.798. The third-order valence-corrected chi connectivity index (χ3v) is 7.25. The molecular weight excluding hydrogens is 368 g/mol. The number of aliphatic hydroxyl groups excluding tert-OH is 1. The highest BCUT2D eigenvalue weighted by Gasteiger charge is 2.45. The number of urea groups is 1. The van der Waals surface area contributed by atoms with Crippen molar-refractivity contribution in [2.45, 2.75) is 49.2 Å². The topological polar surface area (TPSA) is 113 Å². The van der Waals surface area contributed by atoms with Crippen LogP contribution in [0.2, 0.25) is 0 Å². The molecule has 142 valence electrons. The van der Waals surface area contributed by atoms with Crippen LogP contribution in [0.5, 0.6) is 0 Å². The number of carbonyl (C=O) groups excluding carboxylic acids is 1. The highest BCUT2D eigenvalue weighted by Crippen LogP contribution is 2.31. The number of hydrogen-bond donors (Lipinski definition) is 1. The lowest BCUT2D eigenvalue weighted by Crippen LogP contribution is -2.39. The van der Waals surface area contributed by atoms with Crippen LogP contribution in [0, 0.1) is 0 Å². The molecule has 1 aliphatic rings. The van der Waals surface area contributed by atoms with Gasteiger partial charge in [-0.1, -0.05) is 37.5 Å². The standard InChI is InChI=1S/C14H24N4O5S2/c1-4-5-6-7-8-25(21,22)13-16-15-12(24-13)18-11(19)10(9-23-3)17(2)14(18)20/h10-11,19H,4-9H2,1-3H3. The summed E-state index contributed by atoms with van der Waals surface area (Å²) in [5.41, 5.74) is 0. The summed E-state index contributed by atoms with van der Waals surface area (Å²) in [5.74, 6) is 0.00430. The van der Waals surface area contributed by atoms with Gasteiger partial charge in [-0.2, -0.15) is 0 Å². The molecule has 0 aliphatic carbocycles. The van der Waals surface area contributed by atoms with Crippen molar-refractivity contribution in [3.05, 3.63) is 0 Å². The Morgan fingerprint density at radius 1 is 1.28 bits per heavy atom. The second-order valence-corrected chi connectivity index (χ2v) is 9.17. The lowest BCUT2D eigenvalue weighted by molar-refractivity contribution is 0.0633. The van der Waals surface area contributed by atoms with Gasteiger partial charge >= 0.3 is 6.03 Å². The number of likely N-dealkylation sites (N-methyl/N-ethyl adjacent to an activating group) is 1. The smallest absolute Gasteiger partial charge is 0.328 e. The Morgan fingerprint density at radius 2 is 2.00 bits per heavy atom. The number of anilines is 1. The van der Waals surface area contributed by atoms with Gasteiger partial charge in [-0.25, -0.2) is 18.1 Å². The fourth-order valence-corrected chi connectivity index (χ4v) is 5.10. The normalized spacial score (nSPS) is 21.4. The molecule has 1 fully saturated rings. The van der Waals surface area contributed by atoms with E-state index in [2.05, 4.69) is 17.1 Å². The van der Waals surface area contributed by atoms with Crippen molar-refractivity contribution in [1.82, 2.24) is 15.1 Å². The molecule has 1 saturated heterocycles. The molecule has 0 bridgehead atoms. The van der Waals surface area contributed by atoms with E-state index < -0.39 is 28.1 Å². The van der Waals surface area contributed by atoms with Crippen LogP contribution >= 0.6 is 11.3 Å². The van der Waals surface area contributed by atoms with Gasteiger partial charge in [-0.05, 0) is 6.42 Å². The number of carbonyl (C=O) groups is 1. The van der Waals surface area contributed by atoms with Crippen LogP contribution < -0.4 is 4.90 Å². The number of rotatable bonds is 9. The van der Waals surface area contributed by atoms with Gasteiger partial charge in [0.2, 0.25) is 19.3 Å². The van der Waals surface area contributed by atoms with E-state index in [1.54, 1.807) is 7.05 Å². The molecule has 1 aromatic heterocycles. The molecule has 2 rings (SSSR count). The number of aromatic nitrogens is 2. The van der Waals surface area contributed by atoms with Crippen LogP contribution in [0.4, 0.5) is 9.93 Å². The van der Waals surface area contributed by atoms with Crippen LogP contribution in [-0.2, 0) is 14.6 Å². The number of sulfone groups is 1. The second-order valence-electron chi connectivity index (χ2n) is 5.93. The molecule has 11 heteroatoms. The summed E-state index contributed by atoms with van der Waals surface area (Å²) in [6.45, 7) is 2.21. The lowest BCUT2D eigenvalue weighted by Gasteiger charge is -2.19. The summed E-state index contributed by atoms with van der Waals surface area (Å²) in [5, 5.41) is 18.0.